The molecule has 96 valence electrons. The minimum atomic E-state index is -0.253. The van der Waals surface area contributed by atoms with E-state index in [-0.39, 0.29) is 11.9 Å². The van der Waals surface area contributed by atoms with Crippen molar-refractivity contribution >= 4 is 27.3 Å². The third kappa shape index (κ3) is 3.10. The monoisotopic (exact) mass is 329 g/mol. The molecule has 18 heavy (non-hydrogen) atoms. The van der Waals surface area contributed by atoms with Crippen molar-refractivity contribution in [2.45, 2.75) is 12.5 Å². The van der Waals surface area contributed by atoms with E-state index in [9.17, 15) is 4.39 Å². The first-order valence-corrected chi connectivity index (χ1v) is 7.09. The lowest BCUT2D eigenvalue weighted by molar-refractivity contribution is 0.416. The Morgan fingerprint density at radius 3 is 2.83 bits per heavy atom. The first-order chi connectivity index (χ1) is 8.60. The summed E-state index contributed by atoms with van der Waals surface area (Å²) in [4.78, 5) is 1.06. The Labute approximate surface area is 118 Å². The summed E-state index contributed by atoms with van der Waals surface area (Å²) in [5.41, 5.74) is 7.14. The lowest BCUT2D eigenvalue weighted by atomic mass is 10.1. The highest BCUT2D eigenvalue weighted by atomic mass is 79.9. The van der Waals surface area contributed by atoms with Gasteiger partial charge in [0.15, 0.2) is 0 Å². The van der Waals surface area contributed by atoms with Crippen LogP contribution >= 0.6 is 27.3 Å². The molecule has 0 radical (unpaired) electrons. The number of rotatable bonds is 4. The highest BCUT2D eigenvalue weighted by Gasteiger charge is 2.12. The molecule has 0 amide bonds. The lowest BCUT2D eigenvalue weighted by Crippen LogP contribution is -2.12. The van der Waals surface area contributed by atoms with E-state index >= 15 is 0 Å². The van der Waals surface area contributed by atoms with Crippen molar-refractivity contribution in [3.8, 4) is 5.75 Å². The maximum absolute atomic E-state index is 13.0. The van der Waals surface area contributed by atoms with Gasteiger partial charge in [0.2, 0.25) is 0 Å². The maximum atomic E-state index is 13.0. The molecule has 2 N–H and O–H groups in total. The van der Waals surface area contributed by atoms with Crippen molar-refractivity contribution in [3.05, 3.63) is 50.4 Å². The SMILES string of the molecule is COc1csc(C(N)Cc2ccc(F)cc2Br)c1. The number of nitrogens with two attached hydrogens (primary N) is 1. The molecule has 0 aliphatic carbocycles. The molecule has 0 saturated heterocycles. The number of methoxy groups -OCH3 is 1. The summed E-state index contributed by atoms with van der Waals surface area (Å²) in [6.07, 6.45) is 0.657. The van der Waals surface area contributed by atoms with Gasteiger partial charge in [-0.2, -0.15) is 0 Å². The van der Waals surface area contributed by atoms with Crippen LogP contribution in [0.2, 0.25) is 0 Å². The summed E-state index contributed by atoms with van der Waals surface area (Å²) in [5.74, 6) is 0.570. The lowest BCUT2D eigenvalue weighted by Gasteiger charge is -2.11. The third-order valence-corrected chi connectivity index (χ3v) is 4.43. The maximum Gasteiger partial charge on any atom is 0.129 e. The quantitative estimate of drug-likeness (QED) is 0.923. The van der Waals surface area contributed by atoms with Gasteiger partial charge in [-0.3, -0.25) is 0 Å². The number of ether oxygens (including phenoxy) is 1. The van der Waals surface area contributed by atoms with Crippen LogP contribution in [0.3, 0.4) is 0 Å². The smallest absolute Gasteiger partial charge is 0.129 e. The van der Waals surface area contributed by atoms with Crippen LogP contribution in [0.1, 0.15) is 16.5 Å². The molecule has 0 fully saturated rings. The van der Waals surface area contributed by atoms with Crippen LogP contribution in [-0.2, 0) is 6.42 Å². The first kappa shape index (κ1) is 13.5. The van der Waals surface area contributed by atoms with Gasteiger partial charge >= 0.3 is 0 Å². The molecule has 1 heterocycles. The molecule has 2 nitrogen and oxygen atoms in total. The van der Waals surface area contributed by atoms with E-state index in [1.807, 2.05) is 11.4 Å². The fraction of sp³-hybridized carbons (Fsp3) is 0.231. The minimum Gasteiger partial charge on any atom is -0.496 e. The Bertz CT molecular complexity index is 544. The number of hydrogen-bond acceptors (Lipinski definition) is 3. The first-order valence-electron chi connectivity index (χ1n) is 5.42. The molecule has 0 aliphatic heterocycles. The van der Waals surface area contributed by atoms with Gasteiger partial charge < -0.3 is 10.5 Å². The van der Waals surface area contributed by atoms with Crippen LogP contribution < -0.4 is 10.5 Å². The van der Waals surface area contributed by atoms with Crippen LogP contribution in [0.25, 0.3) is 0 Å². The van der Waals surface area contributed by atoms with Crippen LogP contribution in [-0.4, -0.2) is 7.11 Å². The number of halogens is 2. The van der Waals surface area contributed by atoms with Gasteiger partial charge in [0.05, 0.1) is 7.11 Å². The average Bonchev–Trinajstić information content (AvgIpc) is 2.81. The zero-order chi connectivity index (χ0) is 13.1. The van der Waals surface area contributed by atoms with E-state index < -0.39 is 0 Å². The van der Waals surface area contributed by atoms with Gasteiger partial charge in [0.1, 0.15) is 11.6 Å². The van der Waals surface area contributed by atoms with Crippen LogP contribution in [0.5, 0.6) is 5.75 Å². The van der Waals surface area contributed by atoms with Gasteiger partial charge in [0, 0.05) is 20.8 Å². The normalized spacial score (nSPS) is 12.4. The molecule has 1 unspecified atom stereocenters. The molecule has 1 aromatic carbocycles. The highest BCUT2D eigenvalue weighted by Crippen LogP contribution is 2.29. The van der Waals surface area contributed by atoms with Crippen molar-refractivity contribution in [2.75, 3.05) is 7.11 Å². The van der Waals surface area contributed by atoms with Gasteiger partial charge in [-0.25, -0.2) is 4.39 Å². The molecule has 1 atom stereocenters. The summed E-state index contributed by atoms with van der Waals surface area (Å²) in [7, 11) is 1.63. The third-order valence-electron chi connectivity index (χ3n) is 2.65. The van der Waals surface area contributed by atoms with E-state index in [1.165, 1.54) is 12.1 Å². The zero-order valence-corrected chi connectivity index (χ0v) is 12.2. The van der Waals surface area contributed by atoms with Crippen molar-refractivity contribution in [3.63, 3.8) is 0 Å². The second kappa shape index (κ2) is 5.82. The topological polar surface area (TPSA) is 35.2 Å². The van der Waals surface area contributed by atoms with Gasteiger partial charge in [0.25, 0.3) is 0 Å². The van der Waals surface area contributed by atoms with Gasteiger partial charge in [-0.15, -0.1) is 11.3 Å². The summed E-state index contributed by atoms with van der Waals surface area (Å²) in [5, 5.41) is 1.93. The molecule has 0 saturated carbocycles. The predicted octanol–water partition coefficient (Wildman–Crippen LogP) is 3.90. The Balaban J connectivity index is 2.13. The molecule has 0 spiro atoms. The fourth-order valence-electron chi connectivity index (χ4n) is 1.66. The average molecular weight is 330 g/mol. The summed E-state index contributed by atoms with van der Waals surface area (Å²) >= 11 is 4.92. The molecule has 0 aliphatic rings. The van der Waals surface area contributed by atoms with Gasteiger partial charge in [-0.1, -0.05) is 22.0 Å². The summed E-state index contributed by atoms with van der Waals surface area (Å²) < 4.78 is 18.9. The van der Waals surface area contributed by atoms with E-state index in [0.29, 0.717) is 6.42 Å². The van der Waals surface area contributed by atoms with Crippen molar-refractivity contribution < 1.29 is 9.13 Å². The predicted molar refractivity (Wildman–Crippen MR) is 75.6 cm³/mol. The Morgan fingerprint density at radius 2 is 2.22 bits per heavy atom. The number of benzene rings is 1. The fourth-order valence-corrected chi connectivity index (χ4v) is 3.03. The molecular weight excluding hydrogens is 317 g/mol. The Morgan fingerprint density at radius 1 is 1.44 bits per heavy atom. The highest BCUT2D eigenvalue weighted by molar-refractivity contribution is 9.10. The number of hydrogen-bond donors (Lipinski definition) is 1. The Hall–Kier alpha value is -0.910. The van der Waals surface area contributed by atoms with E-state index in [0.717, 1.165) is 20.7 Å². The van der Waals surface area contributed by atoms with Crippen molar-refractivity contribution in [1.82, 2.24) is 0 Å². The van der Waals surface area contributed by atoms with E-state index in [2.05, 4.69) is 15.9 Å². The molecule has 1 aromatic heterocycles. The molecule has 2 rings (SSSR count). The molecule has 0 bridgehead atoms. The summed E-state index contributed by atoms with van der Waals surface area (Å²) in [6.45, 7) is 0. The Kier molecular flexibility index (Phi) is 4.37. The zero-order valence-electron chi connectivity index (χ0n) is 9.82. The van der Waals surface area contributed by atoms with Crippen LogP contribution in [0.4, 0.5) is 4.39 Å². The standard InChI is InChI=1S/C13H13BrFNOS/c1-17-10-6-13(18-7-10)12(16)4-8-2-3-9(15)5-11(8)14/h2-3,5-7,12H,4,16H2,1H3. The second-order valence-electron chi connectivity index (χ2n) is 3.94. The molecular formula is C13H13BrFNOS. The second-order valence-corrected chi connectivity index (χ2v) is 5.73. The van der Waals surface area contributed by atoms with E-state index in [1.54, 1.807) is 24.5 Å². The van der Waals surface area contributed by atoms with Crippen LogP contribution in [0, 0.1) is 5.82 Å². The van der Waals surface area contributed by atoms with Crippen molar-refractivity contribution in [1.29, 1.82) is 0 Å². The van der Waals surface area contributed by atoms with Crippen molar-refractivity contribution in [2.24, 2.45) is 5.73 Å². The van der Waals surface area contributed by atoms with E-state index in [4.69, 9.17) is 10.5 Å². The molecule has 5 heteroatoms. The van der Waals surface area contributed by atoms with Gasteiger partial charge in [-0.05, 0) is 30.2 Å². The largest absolute Gasteiger partial charge is 0.496 e. The summed E-state index contributed by atoms with van der Waals surface area (Å²) in [6, 6.07) is 6.48. The number of thiophene rings is 1. The molecule has 2 aromatic rings. The minimum absolute atomic E-state index is 0.110. The van der Waals surface area contributed by atoms with Crippen LogP contribution in [0.15, 0.2) is 34.1 Å².